The van der Waals surface area contributed by atoms with Crippen LogP contribution in [0.25, 0.3) is 0 Å². The van der Waals surface area contributed by atoms with Gasteiger partial charge in [-0.3, -0.25) is 9.59 Å². The van der Waals surface area contributed by atoms with Gasteiger partial charge in [-0.2, -0.15) is 0 Å². The van der Waals surface area contributed by atoms with Crippen molar-refractivity contribution in [1.82, 2.24) is 5.32 Å². The minimum Gasteiger partial charge on any atom is -0.481 e. The van der Waals surface area contributed by atoms with Crippen molar-refractivity contribution in [3.8, 4) is 0 Å². The second kappa shape index (κ2) is 7.33. The summed E-state index contributed by atoms with van der Waals surface area (Å²) in [5.41, 5.74) is 0.585. The molecule has 0 spiro atoms. The van der Waals surface area contributed by atoms with Crippen LogP contribution in [0.15, 0.2) is 29.2 Å². The van der Waals surface area contributed by atoms with Crippen LogP contribution >= 0.6 is 11.8 Å². The van der Waals surface area contributed by atoms with E-state index in [0.29, 0.717) is 5.75 Å². The normalized spacial score (nSPS) is 11.2. The Balaban J connectivity index is 2.46. The number of thioether (sulfide) groups is 1. The number of aliphatic carboxylic acids is 1. The molecule has 0 aliphatic heterocycles. The molecule has 0 radical (unpaired) electrons. The predicted molar refractivity (Wildman–Crippen MR) is 81.0 cm³/mol. The smallest absolute Gasteiger partial charge is 0.307 e. The summed E-state index contributed by atoms with van der Waals surface area (Å²) in [7, 11) is 0. The first-order valence-corrected chi connectivity index (χ1v) is 7.55. The fraction of sp³-hybridized carbons (Fsp3) is 0.467. The van der Waals surface area contributed by atoms with Crippen molar-refractivity contribution < 1.29 is 14.7 Å². The zero-order valence-corrected chi connectivity index (χ0v) is 12.9. The summed E-state index contributed by atoms with van der Waals surface area (Å²) in [6, 6.07) is 7.26. The Hall–Kier alpha value is -1.49. The summed E-state index contributed by atoms with van der Waals surface area (Å²) in [6.45, 7) is 6.03. The molecule has 1 aromatic rings. The zero-order valence-electron chi connectivity index (χ0n) is 12.1. The summed E-state index contributed by atoms with van der Waals surface area (Å²) >= 11 is 1.45. The topological polar surface area (TPSA) is 66.4 Å². The largest absolute Gasteiger partial charge is 0.481 e. The molecule has 1 rings (SSSR count). The molecule has 0 aliphatic carbocycles. The van der Waals surface area contributed by atoms with Crippen LogP contribution in [-0.4, -0.2) is 28.3 Å². The molecule has 0 aliphatic rings. The van der Waals surface area contributed by atoms with E-state index in [2.05, 4.69) is 5.32 Å². The molecular weight excluding hydrogens is 274 g/mol. The van der Waals surface area contributed by atoms with E-state index < -0.39 is 5.97 Å². The van der Waals surface area contributed by atoms with Crippen molar-refractivity contribution in [2.45, 2.75) is 44.0 Å². The van der Waals surface area contributed by atoms with Crippen LogP contribution < -0.4 is 5.32 Å². The van der Waals surface area contributed by atoms with E-state index in [9.17, 15) is 9.59 Å². The van der Waals surface area contributed by atoms with Crippen molar-refractivity contribution >= 4 is 23.6 Å². The third-order valence-corrected chi connectivity index (χ3v) is 4.02. The highest BCUT2D eigenvalue weighted by Crippen LogP contribution is 2.19. The van der Waals surface area contributed by atoms with Gasteiger partial charge in [0.1, 0.15) is 0 Å². The molecule has 2 N–H and O–H groups in total. The second-order valence-corrected chi connectivity index (χ2v) is 6.34. The van der Waals surface area contributed by atoms with E-state index in [1.54, 1.807) is 12.1 Å². The SMILES string of the molecule is CCC(C)(C)NC(=O)CSc1ccc(CC(=O)O)cc1. The van der Waals surface area contributed by atoms with Gasteiger partial charge in [0.2, 0.25) is 5.91 Å². The van der Waals surface area contributed by atoms with Gasteiger partial charge < -0.3 is 10.4 Å². The maximum atomic E-state index is 11.8. The number of amides is 1. The van der Waals surface area contributed by atoms with Crippen LogP contribution in [-0.2, 0) is 16.0 Å². The summed E-state index contributed by atoms with van der Waals surface area (Å²) < 4.78 is 0. The number of benzene rings is 1. The third-order valence-electron chi connectivity index (χ3n) is 3.01. The van der Waals surface area contributed by atoms with E-state index >= 15 is 0 Å². The molecule has 20 heavy (non-hydrogen) atoms. The second-order valence-electron chi connectivity index (χ2n) is 5.29. The van der Waals surface area contributed by atoms with Crippen LogP contribution in [0.3, 0.4) is 0 Å². The first-order chi connectivity index (χ1) is 9.32. The summed E-state index contributed by atoms with van der Waals surface area (Å²) in [5.74, 6) is -0.468. The minimum atomic E-state index is -0.841. The molecule has 0 bridgehead atoms. The average molecular weight is 295 g/mol. The molecule has 5 heteroatoms. The Kier molecular flexibility index (Phi) is 6.07. The van der Waals surface area contributed by atoms with Crippen molar-refractivity contribution in [1.29, 1.82) is 0 Å². The van der Waals surface area contributed by atoms with E-state index in [4.69, 9.17) is 5.11 Å². The van der Waals surface area contributed by atoms with Crippen LogP contribution in [0.1, 0.15) is 32.8 Å². The highest BCUT2D eigenvalue weighted by atomic mass is 32.2. The number of hydrogen-bond donors (Lipinski definition) is 2. The highest BCUT2D eigenvalue weighted by Gasteiger charge is 2.17. The number of carbonyl (C=O) groups is 2. The van der Waals surface area contributed by atoms with E-state index in [1.165, 1.54) is 11.8 Å². The summed E-state index contributed by atoms with van der Waals surface area (Å²) in [5, 5.41) is 11.7. The summed E-state index contributed by atoms with van der Waals surface area (Å²) in [6.07, 6.45) is 0.906. The van der Waals surface area contributed by atoms with Crippen molar-refractivity contribution in [3.63, 3.8) is 0 Å². The van der Waals surface area contributed by atoms with Gasteiger partial charge in [-0.1, -0.05) is 19.1 Å². The summed E-state index contributed by atoms with van der Waals surface area (Å²) in [4.78, 5) is 23.3. The maximum absolute atomic E-state index is 11.8. The Bertz CT molecular complexity index is 469. The predicted octanol–water partition coefficient (Wildman–Crippen LogP) is 2.71. The van der Waals surface area contributed by atoms with Gasteiger partial charge in [-0.05, 0) is 38.0 Å². The minimum absolute atomic E-state index is 0.0106. The van der Waals surface area contributed by atoms with Gasteiger partial charge in [-0.15, -0.1) is 11.8 Å². The van der Waals surface area contributed by atoms with Crippen molar-refractivity contribution in [2.24, 2.45) is 0 Å². The highest BCUT2D eigenvalue weighted by molar-refractivity contribution is 8.00. The molecule has 1 aromatic carbocycles. The van der Waals surface area contributed by atoms with Gasteiger partial charge in [-0.25, -0.2) is 0 Å². The maximum Gasteiger partial charge on any atom is 0.307 e. The van der Waals surface area contributed by atoms with Crippen LogP contribution in [0, 0.1) is 0 Å². The van der Waals surface area contributed by atoms with Gasteiger partial charge in [0.05, 0.1) is 12.2 Å². The first-order valence-electron chi connectivity index (χ1n) is 6.57. The van der Waals surface area contributed by atoms with Crippen LogP contribution in [0.4, 0.5) is 0 Å². The standard InChI is InChI=1S/C15H21NO3S/c1-4-15(2,3)16-13(17)10-20-12-7-5-11(6-8-12)9-14(18)19/h5-8H,4,9-10H2,1-3H3,(H,16,17)(H,18,19). The fourth-order valence-corrected chi connectivity index (χ4v) is 2.23. The van der Waals surface area contributed by atoms with Gasteiger partial charge in [0.25, 0.3) is 0 Å². The Morgan fingerprint density at radius 3 is 2.35 bits per heavy atom. The molecule has 0 heterocycles. The molecule has 4 nitrogen and oxygen atoms in total. The molecule has 1 amide bonds. The molecule has 0 fully saturated rings. The number of carboxylic acids is 1. The third kappa shape index (κ3) is 6.10. The van der Waals surface area contributed by atoms with Crippen molar-refractivity contribution in [2.75, 3.05) is 5.75 Å². The van der Waals surface area contributed by atoms with E-state index in [-0.39, 0.29) is 17.9 Å². The lowest BCUT2D eigenvalue weighted by Gasteiger charge is -2.24. The Labute approximate surface area is 124 Å². The first kappa shape index (κ1) is 16.6. The quantitative estimate of drug-likeness (QED) is 0.759. The van der Waals surface area contributed by atoms with Crippen LogP contribution in [0.5, 0.6) is 0 Å². The monoisotopic (exact) mass is 295 g/mol. The Morgan fingerprint density at radius 2 is 1.85 bits per heavy atom. The molecular formula is C15H21NO3S. The number of rotatable bonds is 7. The number of carbonyl (C=O) groups excluding carboxylic acids is 1. The van der Waals surface area contributed by atoms with Gasteiger partial charge in [0, 0.05) is 10.4 Å². The molecule has 0 saturated carbocycles. The zero-order chi connectivity index (χ0) is 15.2. The van der Waals surface area contributed by atoms with E-state index in [0.717, 1.165) is 16.9 Å². The van der Waals surface area contributed by atoms with Gasteiger partial charge >= 0.3 is 5.97 Å². The molecule has 0 aromatic heterocycles. The lowest BCUT2D eigenvalue weighted by atomic mass is 10.0. The lowest BCUT2D eigenvalue weighted by Crippen LogP contribution is -2.43. The molecule has 110 valence electrons. The Morgan fingerprint density at radius 1 is 1.25 bits per heavy atom. The number of nitrogens with one attached hydrogen (secondary N) is 1. The molecule has 0 saturated heterocycles. The molecule has 0 atom stereocenters. The average Bonchev–Trinajstić information content (AvgIpc) is 2.37. The van der Waals surface area contributed by atoms with E-state index in [1.807, 2.05) is 32.9 Å². The van der Waals surface area contributed by atoms with Crippen LogP contribution in [0.2, 0.25) is 0 Å². The molecule has 0 unspecified atom stereocenters. The number of hydrogen-bond acceptors (Lipinski definition) is 3. The fourth-order valence-electron chi connectivity index (χ4n) is 1.53. The lowest BCUT2D eigenvalue weighted by molar-refractivity contribution is -0.136. The van der Waals surface area contributed by atoms with Crippen molar-refractivity contribution in [3.05, 3.63) is 29.8 Å². The van der Waals surface area contributed by atoms with Gasteiger partial charge in [0.15, 0.2) is 0 Å². The number of carboxylic acid groups (broad SMARTS) is 1.